The molecule has 0 amide bonds. The number of carbonyl (C=O) groups excluding carboxylic acids is 1. The van der Waals surface area contributed by atoms with Gasteiger partial charge in [-0.05, 0) is 73.6 Å². The molecule has 0 aromatic carbocycles. The van der Waals surface area contributed by atoms with Crippen LogP contribution in [0.3, 0.4) is 0 Å². The smallest absolute Gasteiger partial charge is 0.219 e. The van der Waals surface area contributed by atoms with E-state index in [-0.39, 0.29) is 10.9 Å². The Morgan fingerprint density at radius 3 is 2.08 bits per heavy atom. The van der Waals surface area contributed by atoms with Crippen LogP contribution in [0.5, 0.6) is 0 Å². The van der Waals surface area contributed by atoms with E-state index in [2.05, 4.69) is 45.9 Å². The standard InChI is InChI=1S/C21H32O2S/c1-15(2)9-7-10-16(3)11-8-12-17(4)13-14-21(6)19(22)18(5)20(23)24-21/h9,11,13,22H,7-8,10,12,14H2,1-6H3. The largest absolute Gasteiger partial charge is 0.510 e. The summed E-state index contributed by atoms with van der Waals surface area (Å²) in [6.07, 6.45) is 11.8. The summed E-state index contributed by atoms with van der Waals surface area (Å²) >= 11 is 1.24. The summed E-state index contributed by atoms with van der Waals surface area (Å²) in [6, 6.07) is 0. The Hall–Kier alpha value is -1.22. The highest BCUT2D eigenvalue weighted by Crippen LogP contribution is 2.44. The molecule has 0 radical (unpaired) electrons. The number of hydrogen-bond donors (Lipinski definition) is 1. The molecule has 2 nitrogen and oxygen atoms in total. The Morgan fingerprint density at radius 1 is 1.04 bits per heavy atom. The van der Waals surface area contributed by atoms with Crippen molar-refractivity contribution in [1.82, 2.24) is 0 Å². The summed E-state index contributed by atoms with van der Waals surface area (Å²) in [6.45, 7) is 12.3. The molecule has 0 saturated carbocycles. The van der Waals surface area contributed by atoms with Gasteiger partial charge in [-0.3, -0.25) is 4.79 Å². The SMILES string of the molecule is CC(C)=CCCC(C)=CCCC(C)=CCC1(C)SC(=O)C(C)=C1O. The molecular formula is C21H32O2S. The van der Waals surface area contributed by atoms with Crippen molar-refractivity contribution in [2.24, 2.45) is 0 Å². The molecule has 0 aromatic heterocycles. The third kappa shape index (κ3) is 6.35. The molecule has 1 aliphatic rings. The maximum absolute atomic E-state index is 11.7. The Labute approximate surface area is 151 Å². The van der Waals surface area contributed by atoms with E-state index in [9.17, 15) is 9.90 Å². The van der Waals surface area contributed by atoms with Crippen LogP contribution in [0.1, 0.15) is 73.6 Å². The first-order valence-corrected chi connectivity index (χ1v) is 9.55. The van der Waals surface area contributed by atoms with E-state index in [1.54, 1.807) is 6.92 Å². The third-order valence-electron chi connectivity index (χ3n) is 4.44. The average molecular weight is 349 g/mol. The van der Waals surface area contributed by atoms with Gasteiger partial charge in [0.15, 0.2) is 0 Å². The number of aliphatic hydroxyl groups is 1. The minimum Gasteiger partial charge on any atom is -0.510 e. The van der Waals surface area contributed by atoms with Crippen LogP contribution in [-0.4, -0.2) is 15.0 Å². The normalized spacial score (nSPS) is 22.3. The molecule has 1 atom stereocenters. The van der Waals surface area contributed by atoms with Crippen molar-refractivity contribution in [1.29, 1.82) is 0 Å². The molecular weight excluding hydrogens is 316 g/mol. The van der Waals surface area contributed by atoms with Crippen molar-refractivity contribution in [2.45, 2.75) is 78.4 Å². The molecule has 1 N–H and O–H groups in total. The summed E-state index contributed by atoms with van der Waals surface area (Å²) in [5.74, 6) is 0.247. The van der Waals surface area contributed by atoms with Crippen LogP contribution in [0.25, 0.3) is 0 Å². The molecule has 1 heterocycles. The second-order valence-corrected chi connectivity index (χ2v) is 8.73. The molecule has 0 spiro atoms. The van der Waals surface area contributed by atoms with Crippen molar-refractivity contribution >= 4 is 16.9 Å². The molecule has 1 aliphatic heterocycles. The summed E-state index contributed by atoms with van der Waals surface area (Å²) in [5, 5.41) is 10.2. The van der Waals surface area contributed by atoms with Gasteiger partial charge in [0.05, 0.1) is 4.75 Å². The first-order chi connectivity index (χ1) is 11.2. The summed E-state index contributed by atoms with van der Waals surface area (Å²) in [4.78, 5) is 11.7. The first-order valence-electron chi connectivity index (χ1n) is 8.74. The van der Waals surface area contributed by atoms with Gasteiger partial charge in [0.25, 0.3) is 0 Å². The Kier molecular flexibility index (Phi) is 8.08. The van der Waals surface area contributed by atoms with Gasteiger partial charge in [-0.15, -0.1) is 0 Å². The zero-order valence-electron chi connectivity index (χ0n) is 16.0. The molecule has 24 heavy (non-hydrogen) atoms. The predicted molar refractivity (Wildman–Crippen MR) is 106 cm³/mol. The van der Waals surface area contributed by atoms with Crippen LogP contribution >= 0.6 is 11.8 Å². The third-order valence-corrected chi connectivity index (χ3v) is 5.75. The van der Waals surface area contributed by atoms with Gasteiger partial charge in [-0.25, -0.2) is 0 Å². The van der Waals surface area contributed by atoms with Crippen LogP contribution in [-0.2, 0) is 4.79 Å². The Morgan fingerprint density at radius 2 is 1.58 bits per heavy atom. The highest BCUT2D eigenvalue weighted by Gasteiger charge is 2.40. The number of aliphatic hydroxyl groups excluding tert-OH is 1. The van der Waals surface area contributed by atoms with Crippen LogP contribution < -0.4 is 0 Å². The Balaban J connectivity index is 2.46. The monoisotopic (exact) mass is 348 g/mol. The van der Waals surface area contributed by atoms with Gasteiger partial charge in [-0.2, -0.15) is 0 Å². The van der Waals surface area contributed by atoms with E-state index in [1.165, 1.54) is 28.5 Å². The molecule has 0 saturated heterocycles. The predicted octanol–water partition coefficient (Wildman–Crippen LogP) is 6.66. The zero-order chi connectivity index (χ0) is 18.3. The number of rotatable bonds is 8. The highest BCUT2D eigenvalue weighted by molar-refractivity contribution is 8.15. The maximum Gasteiger partial charge on any atom is 0.219 e. The van der Waals surface area contributed by atoms with E-state index >= 15 is 0 Å². The fourth-order valence-electron chi connectivity index (χ4n) is 2.67. The minimum absolute atomic E-state index is 0.00373. The average Bonchev–Trinajstić information content (AvgIpc) is 2.69. The van der Waals surface area contributed by atoms with Gasteiger partial charge < -0.3 is 5.11 Å². The molecule has 1 rings (SSSR count). The molecule has 3 heteroatoms. The zero-order valence-corrected chi connectivity index (χ0v) is 16.8. The number of hydrogen-bond acceptors (Lipinski definition) is 3. The lowest BCUT2D eigenvalue weighted by Gasteiger charge is -2.20. The molecule has 1 unspecified atom stereocenters. The van der Waals surface area contributed by atoms with Gasteiger partial charge in [0.1, 0.15) is 5.76 Å². The fraction of sp³-hybridized carbons (Fsp3) is 0.571. The van der Waals surface area contributed by atoms with Crippen LogP contribution in [0.15, 0.2) is 46.3 Å². The van der Waals surface area contributed by atoms with Gasteiger partial charge in [-0.1, -0.05) is 46.7 Å². The second kappa shape index (κ2) is 9.31. The molecule has 0 aliphatic carbocycles. The van der Waals surface area contributed by atoms with Crippen LogP contribution in [0, 0.1) is 0 Å². The first kappa shape index (κ1) is 20.8. The maximum atomic E-state index is 11.7. The van der Waals surface area contributed by atoms with E-state index in [0.29, 0.717) is 12.0 Å². The quantitative estimate of drug-likeness (QED) is 0.498. The van der Waals surface area contributed by atoms with Crippen molar-refractivity contribution in [2.75, 3.05) is 0 Å². The minimum atomic E-state index is -0.488. The lowest BCUT2D eigenvalue weighted by atomic mass is 9.99. The van der Waals surface area contributed by atoms with Gasteiger partial charge in [0.2, 0.25) is 5.12 Å². The van der Waals surface area contributed by atoms with Crippen molar-refractivity contribution in [3.8, 4) is 0 Å². The highest BCUT2D eigenvalue weighted by atomic mass is 32.2. The summed E-state index contributed by atoms with van der Waals surface area (Å²) in [7, 11) is 0. The second-order valence-electron chi connectivity index (χ2n) is 7.26. The van der Waals surface area contributed by atoms with Crippen LogP contribution in [0.4, 0.5) is 0 Å². The molecule has 0 aromatic rings. The van der Waals surface area contributed by atoms with E-state index in [1.807, 2.05) is 6.92 Å². The Bertz CT molecular complexity index is 589. The van der Waals surface area contributed by atoms with E-state index in [4.69, 9.17) is 0 Å². The van der Waals surface area contributed by atoms with Crippen molar-refractivity contribution < 1.29 is 9.90 Å². The molecule has 134 valence electrons. The lowest BCUT2D eigenvalue weighted by Crippen LogP contribution is -2.19. The van der Waals surface area contributed by atoms with Crippen molar-refractivity contribution in [3.63, 3.8) is 0 Å². The number of carbonyl (C=O) groups is 1. The summed E-state index contributed by atoms with van der Waals surface area (Å²) in [5.41, 5.74) is 4.64. The lowest BCUT2D eigenvalue weighted by molar-refractivity contribution is -0.107. The fourth-order valence-corrected chi connectivity index (χ4v) is 3.74. The van der Waals surface area contributed by atoms with Gasteiger partial charge >= 0.3 is 0 Å². The number of thioether (sulfide) groups is 1. The van der Waals surface area contributed by atoms with E-state index < -0.39 is 4.75 Å². The summed E-state index contributed by atoms with van der Waals surface area (Å²) < 4.78 is -0.488. The topological polar surface area (TPSA) is 37.3 Å². The van der Waals surface area contributed by atoms with Gasteiger partial charge in [0, 0.05) is 5.57 Å². The van der Waals surface area contributed by atoms with Crippen LogP contribution in [0.2, 0.25) is 0 Å². The van der Waals surface area contributed by atoms with E-state index in [0.717, 1.165) is 25.7 Å². The van der Waals surface area contributed by atoms with Crippen molar-refractivity contribution in [3.05, 3.63) is 46.3 Å². The molecule has 0 bridgehead atoms. The molecule has 0 fully saturated rings. The number of allylic oxidation sites excluding steroid dienone is 6.